The summed E-state index contributed by atoms with van der Waals surface area (Å²) in [4.78, 5) is 33.1. The van der Waals surface area contributed by atoms with Crippen LogP contribution in [0.5, 0.6) is 0 Å². The first-order chi connectivity index (χ1) is 19.1. The molecular weight excluding hydrogens is 525 g/mol. The average molecular weight is 561 g/mol. The third kappa shape index (κ3) is 6.64. The summed E-state index contributed by atoms with van der Waals surface area (Å²) in [6.07, 6.45) is 7.38. The molecule has 3 atom stereocenters. The van der Waals surface area contributed by atoms with Crippen LogP contribution in [0.2, 0.25) is 0 Å². The summed E-state index contributed by atoms with van der Waals surface area (Å²) >= 11 is 0. The van der Waals surface area contributed by atoms with E-state index >= 15 is 0 Å². The van der Waals surface area contributed by atoms with E-state index in [9.17, 15) is 22.8 Å². The van der Waals surface area contributed by atoms with Gasteiger partial charge in [0.2, 0.25) is 5.91 Å². The lowest BCUT2D eigenvalue weighted by Crippen LogP contribution is -2.46. The zero-order valence-corrected chi connectivity index (χ0v) is 22.4. The highest BCUT2D eigenvalue weighted by atomic mass is 19.4. The molecule has 3 fully saturated rings. The first-order valence-corrected chi connectivity index (χ1v) is 14.0. The Balaban J connectivity index is 1.26. The monoisotopic (exact) mass is 560 g/mol. The molecular formula is C28H35F3N6O3. The van der Waals surface area contributed by atoms with Crippen molar-refractivity contribution in [3.8, 4) is 0 Å². The molecule has 5 rings (SSSR count). The second kappa shape index (κ2) is 11.6. The summed E-state index contributed by atoms with van der Waals surface area (Å²) in [7, 11) is 0. The molecule has 40 heavy (non-hydrogen) atoms. The van der Waals surface area contributed by atoms with Crippen molar-refractivity contribution < 1.29 is 27.3 Å². The SMILES string of the molecule is C[C@H]1CC[C@H]([C@H](NC(=O)c2conc2C2CC2)c2c[nH]c(/C=C\C(=N)CC3C[C@@H](C(F)(F)F)CNC3=O)n2)CC1. The van der Waals surface area contributed by atoms with E-state index in [0.29, 0.717) is 28.7 Å². The maximum atomic E-state index is 13.3. The van der Waals surface area contributed by atoms with E-state index < -0.39 is 30.5 Å². The number of carbonyl (C=O) groups excluding carboxylic acids is 2. The second-order valence-corrected chi connectivity index (χ2v) is 11.5. The van der Waals surface area contributed by atoms with Gasteiger partial charge in [-0.05, 0) is 56.1 Å². The van der Waals surface area contributed by atoms with Gasteiger partial charge in [-0.25, -0.2) is 4.98 Å². The Morgan fingerprint density at radius 1 is 1.25 bits per heavy atom. The minimum Gasteiger partial charge on any atom is -0.364 e. The van der Waals surface area contributed by atoms with Crippen LogP contribution in [0.25, 0.3) is 6.08 Å². The molecule has 1 saturated heterocycles. The highest BCUT2D eigenvalue weighted by molar-refractivity contribution is 5.98. The largest absolute Gasteiger partial charge is 0.393 e. The summed E-state index contributed by atoms with van der Waals surface area (Å²) in [5, 5.41) is 17.8. The number of aromatic nitrogens is 3. The van der Waals surface area contributed by atoms with Crippen molar-refractivity contribution in [2.75, 3.05) is 6.54 Å². The van der Waals surface area contributed by atoms with Gasteiger partial charge in [-0.15, -0.1) is 0 Å². The number of hydrogen-bond acceptors (Lipinski definition) is 6. The number of alkyl halides is 3. The molecule has 9 nitrogen and oxygen atoms in total. The Morgan fingerprint density at radius 2 is 2.00 bits per heavy atom. The van der Waals surface area contributed by atoms with Gasteiger partial charge in [0, 0.05) is 36.7 Å². The molecule has 0 bridgehead atoms. The van der Waals surface area contributed by atoms with Crippen molar-refractivity contribution in [1.82, 2.24) is 25.8 Å². The van der Waals surface area contributed by atoms with Crippen LogP contribution in [0, 0.1) is 29.1 Å². The average Bonchev–Trinajstić information content (AvgIpc) is 3.44. The van der Waals surface area contributed by atoms with Crippen LogP contribution in [-0.2, 0) is 4.79 Å². The maximum Gasteiger partial charge on any atom is 0.393 e. The fourth-order valence-corrected chi connectivity index (χ4v) is 5.77. The van der Waals surface area contributed by atoms with Crippen LogP contribution in [0.3, 0.4) is 0 Å². The van der Waals surface area contributed by atoms with Gasteiger partial charge in [0.1, 0.15) is 17.7 Å². The number of piperidine rings is 1. The molecule has 12 heteroatoms. The Morgan fingerprint density at radius 3 is 2.70 bits per heavy atom. The Kier molecular flexibility index (Phi) is 8.14. The van der Waals surface area contributed by atoms with Crippen molar-refractivity contribution in [2.24, 2.45) is 23.7 Å². The third-order valence-corrected chi connectivity index (χ3v) is 8.40. The Hall–Kier alpha value is -3.44. The quantitative estimate of drug-likeness (QED) is 0.308. The highest BCUT2D eigenvalue weighted by Crippen LogP contribution is 2.41. The molecule has 2 aromatic heterocycles. The number of H-pyrrole nitrogens is 1. The number of amides is 2. The summed E-state index contributed by atoms with van der Waals surface area (Å²) in [5.41, 5.74) is 1.86. The van der Waals surface area contributed by atoms with Crippen LogP contribution in [0.4, 0.5) is 13.2 Å². The van der Waals surface area contributed by atoms with E-state index in [4.69, 9.17) is 9.93 Å². The third-order valence-electron chi connectivity index (χ3n) is 8.40. The Bertz CT molecular complexity index is 1260. The van der Waals surface area contributed by atoms with Gasteiger partial charge in [-0.3, -0.25) is 9.59 Å². The van der Waals surface area contributed by atoms with Crippen molar-refractivity contribution in [3.05, 3.63) is 41.3 Å². The predicted molar refractivity (Wildman–Crippen MR) is 140 cm³/mol. The standard InChI is InChI=1S/C28H35F3N6O3/c1-15-2-4-17(5-3-15)25(36-27(39)21-14-40-37-24(21)16-6-7-16)22-13-33-23(35-22)9-8-20(32)11-18-10-19(28(29,30)31)12-34-26(18)38/h8-9,13-19,25,32H,2-7,10-12H2,1H3,(H,33,35)(H,34,38)(H,36,39)/b9-8-,32-20?/t15-,17-,18?,19-,25+/m1/s1. The molecule has 3 heterocycles. The number of halogens is 3. The van der Waals surface area contributed by atoms with Crippen LogP contribution < -0.4 is 10.6 Å². The number of rotatable bonds is 9. The summed E-state index contributed by atoms with van der Waals surface area (Å²) in [6.45, 7) is 1.81. The van der Waals surface area contributed by atoms with Gasteiger partial charge in [0.05, 0.1) is 23.3 Å². The van der Waals surface area contributed by atoms with Gasteiger partial charge in [-0.2, -0.15) is 13.2 Å². The van der Waals surface area contributed by atoms with Gasteiger partial charge >= 0.3 is 6.18 Å². The summed E-state index contributed by atoms with van der Waals surface area (Å²) < 4.78 is 44.5. The van der Waals surface area contributed by atoms with Crippen LogP contribution in [0.15, 0.2) is 23.1 Å². The maximum absolute atomic E-state index is 13.3. The van der Waals surface area contributed by atoms with Crippen LogP contribution >= 0.6 is 0 Å². The first-order valence-electron chi connectivity index (χ1n) is 14.0. The van der Waals surface area contributed by atoms with Gasteiger partial charge < -0.3 is 25.5 Å². The molecule has 4 N–H and O–H groups in total. The van der Waals surface area contributed by atoms with Gasteiger partial charge in [0.15, 0.2) is 0 Å². The fourth-order valence-electron chi connectivity index (χ4n) is 5.77. The van der Waals surface area contributed by atoms with E-state index in [-0.39, 0.29) is 42.3 Å². The van der Waals surface area contributed by atoms with E-state index in [1.807, 2.05) is 0 Å². The normalized spacial score (nSPS) is 26.4. The molecule has 0 spiro atoms. The van der Waals surface area contributed by atoms with Crippen LogP contribution in [-0.4, -0.2) is 45.4 Å². The van der Waals surface area contributed by atoms with E-state index in [2.05, 4.69) is 32.7 Å². The molecule has 2 aliphatic carbocycles. The molecule has 0 radical (unpaired) electrons. The summed E-state index contributed by atoms with van der Waals surface area (Å²) in [5.74, 6) is -1.65. The zero-order valence-electron chi connectivity index (χ0n) is 22.4. The van der Waals surface area contributed by atoms with E-state index in [0.717, 1.165) is 38.5 Å². The zero-order chi connectivity index (χ0) is 28.4. The minimum absolute atomic E-state index is 0.0344. The van der Waals surface area contributed by atoms with E-state index in [1.165, 1.54) is 12.3 Å². The minimum atomic E-state index is -4.38. The molecule has 1 unspecified atom stereocenters. The highest BCUT2D eigenvalue weighted by Gasteiger charge is 2.44. The smallest absolute Gasteiger partial charge is 0.364 e. The lowest BCUT2D eigenvalue weighted by molar-refractivity contribution is -0.183. The number of hydrogen-bond donors (Lipinski definition) is 4. The number of allylic oxidation sites excluding steroid dienone is 1. The Labute approximate surface area is 230 Å². The van der Waals surface area contributed by atoms with Crippen molar-refractivity contribution in [1.29, 1.82) is 5.41 Å². The number of imidazole rings is 1. The number of aromatic amines is 1. The molecule has 2 amide bonds. The van der Waals surface area contributed by atoms with Crippen molar-refractivity contribution >= 4 is 23.6 Å². The number of nitrogens with zero attached hydrogens (tertiary/aromatic N) is 2. The topological polar surface area (TPSA) is 137 Å². The van der Waals surface area contributed by atoms with E-state index in [1.54, 1.807) is 12.3 Å². The van der Waals surface area contributed by atoms with Gasteiger partial charge in [-0.1, -0.05) is 24.9 Å². The van der Waals surface area contributed by atoms with Crippen LogP contribution in [0.1, 0.15) is 97.8 Å². The fraction of sp³-hybridized carbons (Fsp3) is 0.607. The van der Waals surface area contributed by atoms with Gasteiger partial charge in [0.25, 0.3) is 5.91 Å². The molecule has 2 saturated carbocycles. The second-order valence-electron chi connectivity index (χ2n) is 11.5. The molecule has 216 valence electrons. The van der Waals surface area contributed by atoms with Crippen molar-refractivity contribution in [2.45, 2.75) is 76.4 Å². The number of carbonyl (C=O) groups is 2. The summed E-state index contributed by atoms with van der Waals surface area (Å²) in [6, 6.07) is -0.329. The lowest BCUT2D eigenvalue weighted by atomic mass is 9.78. The molecule has 2 aromatic rings. The number of nitrogens with one attached hydrogen (secondary N) is 4. The van der Waals surface area contributed by atoms with Crippen molar-refractivity contribution in [3.63, 3.8) is 0 Å². The predicted octanol–water partition coefficient (Wildman–Crippen LogP) is 5.31. The molecule has 0 aromatic carbocycles. The molecule has 3 aliphatic rings. The molecule has 1 aliphatic heterocycles. The lowest BCUT2D eigenvalue weighted by Gasteiger charge is -2.32. The first kappa shape index (κ1) is 28.1.